The van der Waals surface area contributed by atoms with E-state index in [0.717, 1.165) is 15.5 Å². The van der Waals surface area contributed by atoms with Crippen LogP contribution in [-0.4, -0.2) is 27.0 Å². The minimum absolute atomic E-state index is 0.260. The maximum atomic E-state index is 12.2. The quantitative estimate of drug-likeness (QED) is 0.808. The molecular formula is C9H5BrF3N3OS. The molecule has 0 fully saturated rings. The number of carbonyl (C=O) groups excluding carboxylic acids is 1. The minimum atomic E-state index is -4.93. The van der Waals surface area contributed by atoms with E-state index in [0.29, 0.717) is 0 Å². The Morgan fingerprint density at radius 2 is 2.22 bits per heavy atom. The molecule has 0 aromatic carbocycles. The summed E-state index contributed by atoms with van der Waals surface area (Å²) in [5.74, 6) is -1.99. The lowest BCUT2D eigenvalue weighted by molar-refractivity contribution is -0.0888. The van der Waals surface area contributed by atoms with E-state index in [2.05, 4.69) is 26.2 Å². The molecule has 0 saturated carbocycles. The van der Waals surface area contributed by atoms with Crippen molar-refractivity contribution in [2.75, 3.05) is 0 Å². The molecule has 4 nitrogen and oxygen atoms in total. The van der Waals surface area contributed by atoms with Crippen LogP contribution in [0, 0.1) is 0 Å². The van der Waals surface area contributed by atoms with E-state index in [-0.39, 0.29) is 6.54 Å². The van der Waals surface area contributed by atoms with Crippen LogP contribution >= 0.6 is 27.3 Å². The lowest BCUT2D eigenvalue weighted by Crippen LogP contribution is -2.23. The summed E-state index contributed by atoms with van der Waals surface area (Å²) in [7, 11) is 0. The summed E-state index contributed by atoms with van der Waals surface area (Å²) in [6, 6.07) is 1.82. The molecule has 0 aliphatic carbocycles. The van der Waals surface area contributed by atoms with Crippen LogP contribution in [0.5, 0.6) is 0 Å². The summed E-state index contributed by atoms with van der Waals surface area (Å²) in [6.45, 7) is 0.260. The molecule has 0 amide bonds. The molecule has 2 aromatic heterocycles. The topological polar surface area (TPSA) is 47.8 Å². The first-order valence-corrected chi connectivity index (χ1v) is 6.28. The minimum Gasteiger partial charge on any atom is -0.282 e. The zero-order valence-corrected chi connectivity index (χ0v) is 11.0. The van der Waals surface area contributed by atoms with Crippen molar-refractivity contribution in [3.05, 3.63) is 32.7 Å². The second-order valence-corrected chi connectivity index (χ2v) is 5.17. The van der Waals surface area contributed by atoms with E-state index in [4.69, 9.17) is 0 Å². The molecular weight excluding hydrogens is 335 g/mol. The maximum absolute atomic E-state index is 12.2. The van der Waals surface area contributed by atoms with Gasteiger partial charge in [0.2, 0.25) is 0 Å². The molecule has 0 atom stereocenters. The number of rotatable bonds is 3. The molecule has 96 valence electrons. The van der Waals surface area contributed by atoms with Crippen molar-refractivity contribution in [3.63, 3.8) is 0 Å². The number of thiophene rings is 1. The average Bonchev–Trinajstić information content (AvgIpc) is 2.87. The van der Waals surface area contributed by atoms with Crippen molar-refractivity contribution in [3.8, 4) is 0 Å². The van der Waals surface area contributed by atoms with Gasteiger partial charge in [0.15, 0.2) is 5.69 Å². The van der Waals surface area contributed by atoms with Crippen LogP contribution in [0.4, 0.5) is 13.2 Å². The van der Waals surface area contributed by atoms with E-state index in [9.17, 15) is 18.0 Å². The monoisotopic (exact) mass is 339 g/mol. The van der Waals surface area contributed by atoms with Crippen molar-refractivity contribution < 1.29 is 18.0 Å². The third-order valence-electron chi connectivity index (χ3n) is 2.03. The van der Waals surface area contributed by atoms with Gasteiger partial charge in [0, 0.05) is 9.35 Å². The molecule has 9 heteroatoms. The first-order valence-electron chi connectivity index (χ1n) is 4.61. The smallest absolute Gasteiger partial charge is 0.282 e. The highest BCUT2D eigenvalue weighted by Crippen LogP contribution is 2.24. The Balaban J connectivity index is 2.17. The first kappa shape index (κ1) is 13.2. The molecule has 0 spiro atoms. The molecule has 2 aromatic rings. The number of aromatic nitrogens is 3. The molecule has 0 aliphatic rings. The van der Waals surface area contributed by atoms with Gasteiger partial charge in [-0.25, -0.2) is 4.68 Å². The van der Waals surface area contributed by atoms with Gasteiger partial charge in [-0.2, -0.15) is 13.2 Å². The first-order chi connectivity index (χ1) is 8.38. The van der Waals surface area contributed by atoms with Crippen LogP contribution < -0.4 is 0 Å². The predicted molar refractivity (Wildman–Crippen MR) is 61.5 cm³/mol. The normalized spacial score (nSPS) is 11.8. The summed E-state index contributed by atoms with van der Waals surface area (Å²) >= 11 is 4.72. The molecule has 0 bridgehead atoms. The number of halogens is 4. The number of carbonyl (C=O) groups is 1. The summed E-state index contributed by atoms with van der Waals surface area (Å²) < 4.78 is 38.5. The number of ketones is 1. The van der Waals surface area contributed by atoms with Crippen molar-refractivity contribution in [1.82, 2.24) is 15.0 Å². The van der Waals surface area contributed by atoms with Gasteiger partial charge in [0.1, 0.15) is 0 Å². The lowest BCUT2D eigenvalue weighted by Gasteiger charge is -2.00. The van der Waals surface area contributed by atoms with Crippen molar-refractivity contribution in [2.45, 2.75) is 12.7 Å². The van der Waals surface area contributed by atoms with Crippen LogP contribution in [0.15, 0.2) is 22.1 Å². The van der Waals surface area contributed by atoms with Crippen LogP contribution in [0.1, 0.15) is 15.4 Å². The summed E-state index contributed by atoms with van der Waals surface area (Å²) in [5.41, 5.74) is -0.699. The second-order valence-electron chi connectivity index (χ2n) is 3.32. The van der Waals surface area contributed by atoms with Gasteiger partial charge >= 0.3 is 6.18 Å². The SMILES string of the molecule is O=C(c1cn(Cc2sccc2Br)nn1)C(F)(F)F. The van der Waals surface area contributed by atoms with E-state index < -0.39 is 17.7 Å². The maximum Gasteiger partial charge on any atom is 0.456 e. The highest BCUT2D eigenvalue weighted by Gasteiger charge is 2.41. The van der Waals surface area contributed by atoms with Gasteiger partial charge in [-0.15, -0.1) is 16.4 Å². The number of nitrogens with zero attached hydrogens (tertiary/aromatic N) is 3. The number of hydrogen-bond donors (Lipinski definition) is 0. The van der Waals surface area contributed by atoms with E-state index in [1.807, 2.05) is 11.4 Å². The molecule has 0 aliphatic heterocycles. The van der Waals surface area contributed by atoms with Gasteiger partial charge in [-0.3, -0.25) is 4.79 Å². The number of Topliss-reactive ketones (excluding diaryl/α,β-unsaturated/α-hetero) is 1. The van der Waals surface area contributed by atoms with Gasteiger partial charge in [0.25, 0.3) is 5.78 Å². The van der Waals surface area contributed by atoms with Crippen molar-refractivity contribution in [2.24, 2.45) is 0 Å². The van der Waals surface area contributed by atoms with Crippen LogP contribution in [0.25, 0.3) is 0 Å². The lowest BCUT2D eigenvalue weighted by atomic mass is 10.3. The molecule has 2 heterocycles. The van der Waals surface area contributed by atoms with Gasteiger partial charge in [0.05, 0.1) is 12.7 Å². The summed E-state index contributed by atoms with van der Waals surface area (Å²) in [6.07, 6.45) is -3.94. The highest BCUT2D eigenvalue weighted by atomic mass is 79.9. The molecule has 0 radical (unpaired) electrons. The van der Waals surface area contributed by atoms with Crippen LogP contribution in [0.2, 0.25) is 0 Å². The largest absolute Gasteiger partial charge is 0.456 e. The third-order valence-corrected chi connectivity index (χ3v) is 3.94. The summed E-state index contributed by atoms with van der Waals surface area (Å²) in [5, 5.41) is 8.56. The fraction of sp³-hybridized carbons (Fsp3) is 0.222. The average molecular weight is 340 g/mol. The van der Waals surface area contributed by atoms with Gasteiger partial charge in [-0.05, 0) is 27.4 Å². The van der Waals surface area contributed by atoms with E-state index in [1.165, 1.54) is 16.0 Å². The fourth-order valence-corrected chi connectivity index (χ4v) is 2.68. The Hall–Kier alpha value is -1.22. The van der Waals surface area contributed by atoms with Crippen molar-refractivity contribution in [1.29, 1.82) is 0 Å². The Morgan fingerprint density at radius 3 is 2.78 bits per heavy atom. The Bertz CT molecular complexity index is 578. The highest BCUT2D eigenvalue weighted by molar-refractivity contribution is 9.10. The Labute approximate surface area is 112 Å². The predicted octanol–water partition coefficient (Wildman–Crippen LogP) is 2.90. The fourth-order valence-electron chi connectivity index (χ4n) is 1.21. The molecule has 18 heavy (non-hydrogen) atoms. The Morgan fingerprint density at radius 1 is 1.50 bits per heavy atom. The molecule has 0 unspecified atom stereocenters. The molecule has 0 N–H and O–H groups in total. The molecule has 2 rings (SSSR count). The number of hydrogen-bond acceptors (Lipinski definition) is 4. The zero-order valence-electron chi connectivity index (χ0n) is 8.61. The van der Waals surface area contributed by atoms with Crippen LogP contribution in [-0.2, 0) is 6.54 Å². The zero-order chi connectivity index (χ0) is 13.3. The van der Waals surface area contributed by atoms with E-state index >= 15 is 0 Å². The van der Waals surface area contributed by atoms with Crippen LogP contribution in [0.3, 0.4) is 0 Å². The Kier molecular flexibility index (Phi) is 3.53. The molecule has 0 saturated heterocycles. The summed E-state index contributed by atoms with van der Waals surface area (Å²) in [4.78, 5) is 11.8. The third kappa shape index (κ3) is 2.78. The van der Waals surface area contributed by atoms with E-state index in [1.54, 1.807) is 0 Å². The van der Waals surface area contributed by atoms with Crippen molar-refractivity contribution >= 4 is 33.0 Å². The van der Waals surface area contributed by atoms with Gasteiger partial charge < -0.3 is 0 Å². The standard InChI is InChI=1S/C9H5BrF3N3OS/c10-5-1-2-18-7(5)4-16-3-6(14-15-16)8(17)9(11,12)13/h1-3H,4H2. The number of alkyl halides is 3. The van der Waals surface area contributed by atoms with Gasteiger partial charge in [-0.1, -0.05) is 5.21 Å². The second kappa shape index (κ2) is 4.81.